The van der Waals surface area contributed by atoms with Crippen molar-refractivity contribution in [1.29, 1.82) is 0 Å². The summed E-state index contributed by atoms with van der Waals surface area (Å²) in [6, 6.07) is 5.32. The van der Waals surface area contributed by atoms with Crippen molar-refractivity contribution in [1.82, 2.24) is 0 Å². The fraction of sp³-hybridized carbons (Fsp3) is 0.500. The van der Waals surface area contributed by atoms with Crippen molar-refractivity contribution in [2.75, 3.05) is 31.3 Å². The van der Waals surface area contributed by atoms with Crippen LogP contribution in [-0.2, 0) is 4.74 Å². The average molecular weight is 250 g/mol. The molecule has 0 atom stereocenters. The number of ether oxygens (including phenoxy) is 1. The molecule has 0 aliphatic rings. The molecule has 1 aromatic rings. The maximum Gasteiger partial charge on any atom is 0.340 e. The van der Waals surface area contributed by atoms with Gasteiger partial charge in [0.15, 0.2) is 0 Å². The molecule has 0 radical (unpaired) electrons. The van der Waals surface area contributed by atoms with E-state index >= 15 is 0 Å². The van der Waals surface area contributed by atoms with Gasteiger partial charge in [0.25, 0.3) is 0 Å². The number of hydrogen-bond acceptors (Lipinski definition) is 4. The van der Waals surface area contributed by atoms with Crippen LogP contribution in [0.25, 0.3) is 0 Å². The molecule has 0 heterocycles. The zero-order chi connectivity index (χ0) is 13.7. The molecule has 0 saturated heterocycles. The number of nitrogens with zero attached hydrogens (tertiary/aromatic N) is 1. The molecule has 0 aromatic heterocycles. The molecule has 100 valence electrons. The molecule has 0 aliphatic heterocycles. The van der Waals surface area contributed by atoms with Gasteiger partial charge in [-0.3, -0.25) is 0 Å². The molecule has 0 saturated carbocycles. The van der Waals surface area contributed by atoms with Gasteiger partial charge in [-0.15, -0.1) is 0 Å². The van der Waals surface area contributed by atoms with E-state index in [1.54, 1.807) is 12.1 Å². The van der Waals surface area contributed by atoms with Gasteiger partial charge in [0.1, 0.15) is 0 Å². The Labute approximate surface area is 109 Å². The van der Waals surface area contributed by atoms with E-state index < -0.39 is 0 Å². The van der Waals surface area contributed by atoms with Gasteiger partial charge in [0.05, 0.1) is 18.4 Å². The molecule has 0 aliphatic carbocycles. The quantitative estimate of drug-likeness (QED) is 0.644. The number of rotatable bonds is 5. The highest BCUT2D eigenvalue weighted by molar-refractivity contribution is 5.96. The lowest BCUT2D eigenvalue weighted by molar-refractivity contribution is 0.0601. The van der Waals surface area contributed by atoms with Crippen molar-refractivity contribution in [3.63, 3.8) is 0 Å². The Morgan fingerprint density at radius 2 is 2.11 bits per heavy atom. The van der Waals surface area contributed by atoms with E-state index in [2.05, 4.69) is 18.7 Å². The van der Waals surface area contributed by atoms with Gasteiger partial charge in [-0.05, 0) is 30.5 Å². The van der Waals surface area contributed by atoms with Crippen molar-refractivity contribution >= 4 is 17.3 Å². The average Bonchev–Trinajstić information content (AvgIpc) is 2.34. The fourth-order valence-corrected chi connectivity index (χ4v) is 1.73. The molecule has 0 fully saturated rings. The zero-order valence-electron chi connectivity index (χ0n) is 11.6. The van der Waals surface area contributed by atoms with Gasteiger partial charge in [0.2, 0.25) is 0 Å². The summed E-state index contributed by atoms with van der Waals surface area (Å²) in [5, 5.41) is 0. The molecule has 0 unspecified atom stereocenters. The summed E-state index contributed by atoms with van der Waals surface area (Å²) >= 11 is 0. The second-order valence-corrected chi connectivity index (χ2v) is 4.87. The van der Waals surface area contributed by atoms with Gasteiger partial charge in [0, 0.05) is 19.3 Å². The molecule has 1 rings (SSSR count). The van der Waals surface area contributed by atoms with Crippen LogP contribution in [0.1, 0.15) is 30.6 Å². The maximum atomic E-state index is 11.7. The van der Waals surface area contributed by atoms with Crippen molar-refractivity contribution in [3.05, 3.63) is 23.8 Å². The summed E-state index contributed by atoms with van der Waals surface area (Å²) in [7, 11) is 3.35. The minimum atomic E-state index is -0.353. The number of esters is 1. The molecule has 0 spiro atoms. The lowest BCUT2D eigenvalue weighted by atomic mass is 10.1. The third-order valence-corrected chi connectivity index (χ3v) is 2.88. The van der Waals surface area contributed by atoms with Crippen LogP contribution in [0.3, 0.4) is 0 Å². The van der Waals surface area contributed by atoms with Crippen LogP contribution in [0.5, 0.6) is 0 Å². The molecule has 1 aromatic carbocycles. The minimum absolute atomic E-state index is 0.353. The molecule has 2 N–H and O–H groups in total. The Balaban J connectivity index is 2.96. The Morgan fingerprint density at radius 3 is 2.67 bits per heavy atom. The Morgan fingerprint density at radius 1 is 1.44 bits per heavy atom. The lowest BCUT2D eigenvalue weighted by Gasteiger charge is -2.22. The maximum absolute atomic E-state index is 11.7. The van der Waals surface area contributed by atoms with E-state index in [9.17, 15) is 4.79 Å². The second-order valence-electron chi connectivity index (χ2n) is 4.87. The van der Waals surface area contributed by atoms with Crippen LogP contribution in [0.2, 0.25) is 0 Å². The summed E-state index contributed by atoms with van der Waals surface area (Å²) in [5.74, 6) is 0.275. The normalized spacial score (nSPS) is 10.5. The third kappa shape index (κ3) is 3.65. The number of methoxy groups -OCH3 is 1. The van der Waals surface area contributed by atoms with Crippen LogP contribution in [-0.4, -0.2) is 26.7 Å². The van der Waals surface area contributed by atoms with Crippen LogP contribution in [0, 0.1) is 5.92 Å². The smallest absolute Gasteiger partial charge is 0.340 e. The third-order valence-electron chi connectivity index (χ3n) is 2.88. The van der Waals surface area contributed by atoms with E-state index in [-0.39, 0.29) is 5.97 Å². The van der Waals surface area contributed by atoms with Crippen molar-refractivity contribution in [2.45, 2.75) is 20.3 Å². The first-order valence-electron chi connectivity index (χ1n) is 6.14. The number of carbonyl (C=O) groups excluding carboxylic acids is 1. The molecular weight excluding hydrogens is 228 g/mol. The van der Waals surface area contributed by atoms with Gasteiger partial charge < -0.3 is 15.4 Å². The summed E-state index contributed by atoms with van der Waals surface area (Å²) in [6.45, 7) is 5.25. The van der Waals surface area contributed by atoms with Crippen LogP contribution >= 0.6 is 0 Å². The van der Waals surface area contributed by atoms with Crippen molar-refractivity contribution in [3.8, 4) is 0 Å². The van der Waals surface area contributed by atoms with Crippen molar-refractivity contribution < 1.29 is 9.53 Å². The van der Waals surface area contributed by atoms with Gasteiger partial charge >= 0.3 is 5.97 Å². The monoisotopic (exact) mass is 250 g/mol. The first-order chi connectivity index (χ1) is 8.45. The summed E-state index contributed by atoms with van der Waals surface area (Å²) in [5.41, 5.74) is 7.66. The number of nitrogen functional groups attached to an aromatic ring is 1. The Bertz CT molecular complexity index is 416. The first-order valence-corrected chi connectivity index (χ1v) is 6.14. The molecular formula is C14H22N2O2. The molecule has 4 heteroatoms. The largest absolute Gasteiger partial charge is 0.465 e. The SMILES string of the molecule is COC(=O)c1cc(N)ccc1N(C)CCC(C)C. The predicted molar refractivity (Wildman–Crippen MR) is 74.9 cm³/mol. The summed E-state index contributed by atoms with van der Waals surface area (Å²) in [6.07, 6.45) is 1.07. The fourth-order valence-electron chi connectivity index (χ4n) is 1.73. The highest BCUT2D eigenvalue weighted by Gasteiger charge is 2.15. The number of benzene rings is 1. The summed E-state index contributed by atoms with van der Waals surface area (Å²) in [4.78, 5) is 13.8. The Hall–Kier alpha value is -1.71. The zero-order valence-corrected chi connectivity index (χ0v) is 11.6. The van der Waals surface area contributed by atoms with Crippen LogP contribution in [0.4, 0.5) is 11.4 Å². The lowest BCUT2D eigenvalue weighted by Crippen LogP contribution is -2.22. The van der Waals surface area contributed by atoms with E-state index in [1.807, 2.05) is 13.1 Å². The van der Waals surface area contributed by atoms with Gasteiger partial charge in [-0.2, -0.15) is 0 Å². The first kappa shape index (κ1) is 14.4. The molecule has 0 bridgehead atoms. The highest BCUT2D eigenvalue weighted by atomic mass is 16.5. The van der Waals surface area contributed by atoms with E-state index in [0.717, 1.165) is 18.7 Å². The minimum Gasteiger partial charge on any atom is -0.465 e. The number of nitrogens with two attached hydrogens (primary N) is 1. The number of anilines is 2. The second kappa shape index (κ2) is 6.28. The van der Waals surface area contributed by atoms with E-state index in [4.69, 9.17) is 10.5 Å². The predicted octanol–water partition coefficient (Wildman–Crippen LogP) is 2.54. The van der Waals surface area contributed by atoms with Gasteiger partial charge in [-0.25, -0.2) is 4.79 Å². The highest BCUT2D eigenvalue weighted by Crippen LogP contribution is 2.23. The molecule has 4 nitrogen and oxygen atoms in total. The standard InChI is InChI=1S/C14H22N2O2/c1-10(2)7-8-16(3)13-6-5-11(15)9-12(13)14(17)18-4/h5-6,9-10H,7-8,15H2,1-4H3. The van der Waals surface area contributed by atoms with E-state index in [0.29, 0.717) is 17.2 Å². The van der Waals surface area contributed by atoms with E-state index in [1.165, 1.54) is 7.11 Å². The summed E-state index contributed by atoms with van der Waals surface area (Å²) < 4.78 is 4.79. The van der Waals surface area contributed by atoms with Crippen LogP contribution in [0.15, 0.2) is 18.2 Å². The van der Waals surface area contributed by atoms with Crippen LogP contribution < -0.4 is 10.6 Å². The Kier molecular flexibility index (Phi) is 5.01. The van der Waals surface area contributed by atoms with Gasteiger partial charge in [-0.1, -0.05) is 13.8 Å². The molecule has 18 heavy (non-hydrogen) atoms. The van der Waals surface area contributed by atoms with Crippen molar-refractivity contribution in [2.24, 2.45) is 5.92 Å². The number of hydrogen-bond donors (Lipinski definition) is 1. The number of carbonyl (C=O) groups is 1. The topological polar surface area (TPSA) is 55.6 Å². The molecule has 0 amide bonds.